The molecule has 0 N–H and O–H groups in total. The Morgan fingerprint density at radius 3 is 1.64 bits per heavy atom. The Balaban J connectivity index is 3.44. The molecule has 22 heavy (non-hydrogen) atoms. The van der Waals surface area contributed by atoms with Gasteiger partial charge >= 0.3 is 178 Å². The van der Waals surface area contributed by atoms with E-state index in [1.807, 2.05) is 0 Å². The average Bonchev–Trinajstić information content (AvgIpc) is 2.33. The molecule has 1 fully saturated rings. The van der Waals surface area contributed by atoms with E-state index in [4.69, 9.17) is 99.6 Å². The summed E-state index contributed by atoms with van der Waals surface area (Å²) in [6, 6.07) is 0. The normalized spacial score (nSPS) is 34.8. The van der Waals surface area contributed by atoms with E-state index in [-0.39, 0.29) is 4.75 Å². The molecule has 132 valence electrons. The molecular formula is C8H13Cl9Ge3O2. The molecule has 0 heterocycles. The van der Waals surface area contributed by atoms with Gasteiger partial charge in [-0.3, -0.25) is 0 Å². The van der Waals surface area contributed by atoms with Crippen LogP contribution in [0.1, 0.15) is 12.8 Å². The first kappa shape index (κ1) is 24.2. The third-order valence-electron chi connectivity index (χ3n) is 3.89. The monoisotopic (exact) mass is 678 g/mol. The van der Waals surface area contributed by atoms with Crippen LogP contribution in [0.5, 0.6) is 0 Å². The Morgan fingerprint density at radius 2 is 1.36 bits per heavy atom. The van der Waals surface area contributed by atoms with Crippen LogP contribution in [0.3, 0.4) is 0 Å². The van der Waals surface area contributed by atoms with Crippen molar-refractivity contribution in [2.75, 3.05) is 14.2 Å². The third-order valence-corrected chi connectivity index (χ3v) is 27.3. The van der Waals surface area contributed by atoms with Crippen molar-refractivity contribution in [1.29, 1.82) is 0 Å². The summed E-state index contributed by atoms with van der Waals surface area (Å²) in [5, 5.41) is 0. The standard InChI is InChI=1S/C8H13Cl9Ge3O2/c1-21-7-6(19(12,13)14)3-5(18(9,10)11)4-8(7,22-2)20(15,16)17/h5-7H,3-4H2,1-2H3. The molecule has 0 aromatic carbocycles. The molecule has 0 aromatic heterocycles. The summed E-state index contributed by atoms with van der Waals surface area (Å²) in [6.07, 6.45) is 0.108. The number of hydrogen-bond donors (Lipinski definition) is 0. The Hall–Kier alpha value is 4.16. The van der Waals surface area contributed by atoms with Crippen LogP contribution in [0.25, 0.3) is 0 Å². The number of rotatable bonds is 5. The Morgan fingerprint density at radius 1 is 0.864 bits per heavy atom. The maximum absolute atomic E-state index is 6.37. The zero-order chi connectivity index (χ0) is 17.6. The Kier molecular flexibility index (Phi) is 9.53. The van der Waals surface area contributed by atoms with Gasteiger partial charge in [0.15, 0.2) is 0 Å². The molecule has 0 saturated heterocycles. The summed E-state index contributed by atoms with van der Waals surface area (Å²) in [4.78, 5) is 0. The quantitative estimate of drug-likeness (QED) is 0.313. The molecular weight excluding hydrogens is 665 g/mol. The van der Waals surface area contributed by atoms with E-state index in [1.165, 1.54) is 14.2 Å². The summed E-state index contributed by atoms with van der Waals surface area (Å²) < 4.78 is 9.36. The minimum atomic E-state index is -4.02. The fraction of sp³-hybridized carbons (Fsp3) is 1.00. The first-order valence-electron chi connectivity index (χ1n) is 5.98. The molecule has 1 aliphatic rings. The van der Waals surface area contributed by atoms with Crippen molar-refractivity contribution in [3.8, 4) is 0 Å². The molecule has 0 spiro atoms. The van der Waals surface area contributed by atoms with Crippen LogP contribution in [0, 0.1) is 0 Å². The summed E-state index contributed by atoms with van der Waals surface area (Å²) in [6.45, 7) is 0. The number of ether oxygens (including phenoxy) is 2. The maximum atomic E-state index is 6.37. The number of hydrogen-bond acceptors (Lipinski definition) is 2. The Bertz CT molecular complexity index is 396. The van der Waals surface area contributed by atoms with E-state index in [1.54, 1.807) is 0 Å². The molecule has 4 atom stereocenters. The van der Waals surface area contributed by atoms with Crippen molar-refractivity contribution in [2.45, 2.75) is 32.9 Å². The van der Waals surface area contributed by atoms with Crippen molar-refractivity contribution in [2.24, 2.45) is 0 Å². The second-order valence-electron chi connectivity index (χ2n) is 5.07. The summed E-state index contributed by atoms with van der Waals surface area (Å²) >= 11 is 0. The van der Waals surface area contributed by atoms with Gasteiger partial charge in [0.1, 0.15) is 0 Å². The van der Waals surface area contributed by atoms with Gasteiger partial charge in [0, 0.05) is 0 Å². The number of methoxy groups -OCH3 is 2. The van der Waals surface area contributed by atoms with Gasteiger partial charge in [0.2, 0.25) is 0 Å². The zero-order valence-corrected chi connectivity index (χ0v) is 24.5. The van der Waals surface area contributed by atoms with E-state index in [0.29, 0.717) is 12.8 Å². The molecule has 0 radical (unpaired) electrons. The zero-order valence-electron chi connectivity index (χ0n) is 11.4. The van der Waals surface area contributed by atoms with Gasteiger partial charge < -0.3 is 0 Å². The molecule has 1 aliphatic carbocycles. The van der Waals surface area contributed by atoms with Crippen molar-refractivity contribution in [3.05, 3.63) is 0 Å². The fourth-order valence-electron chi connectivity index (χ4n) is 2.82. The second-order valence-corrected chi connectivity index (χ2v) is 53.2. The topological polar surface area (TPSA) is 18.5 Å². The van der Waals surface area contributed by atoms with Gasteiger partial charge in [-0.2, -0.15) is 0 Å². The molecule has 0 aromatic rings. The van der Waals surface area contributed by atoms with E-state index in [0.717, 1.165) is 0 Å². The molecule has 2 nitrogen and oxygen atoms in total. The molecule has 1 rings (SSSR count). The predicted molar refractivity (Wildman–Crippen MR) is 107 cm³/mol. The molecule has 4 unspecified atom stereocenters. The van der Waals surface area contributed by atoms with E-state index in [9.17, 15) is 0 Å². The molecule has 0 aliphatic heterocycles. The minimum absolute atomic E-state index is 0.288. The Labute approximate surface area is 175 Å². The SMILES string of the molecule is COC1[CH]([Ge]([Cl])([Cl])[Cl])C[CH]([Ge]([Cl])([Cl])[Cl])C[C]1(OC)[Ge]([Cl])([Cl])[Cl]. The van der Waals surface area contributed by atoms with Crippen LogP contribution in [-0.4, -0.2) is 56.2 Å². The molecule has 1 saturated carbocycles. The van der Waals surface area contributed by atoms with Crippen LogP contribution >= 0.6 is 90.1 Å². The second kappa shape index (κ2) is 8.67. The summed E-state index contributed by atoms with van der Waals surface area (Å²) in [5.41, 5.74) is 0. The van der Waals surface area contributed by atoms with Crippen LogP contribution in [0.4, 0.5) is 0 Å². The van der Waals surface area contributed by atoms with Crippen molar-refractivity contribution >= 4 is 122 Å². The molecule has 0 amide bonds. The van der Waals surface area contributed by atoms with E-state index >= 15 is 0 Å². The van der Waals surface area contributed by atoms with Crippen molar-refractivity contribution in [1.82, 2.24) is 0 Å². The van der Waals surface area contributed by atoms with Gasteiger partial charge in [-0.15, -0.1) is 0 Å². The summed E-state index contributed by atoms with van der Waals surface area (Å²) in [5.74, 6) is 0. The van der Waals surface area contributed by atoms with Crippen LogP contribution in [0.15, 0.2) is 0 Å². The fourth-order valence-corrected chi connectivity index (χ4v) is 23.1. The first-order valence-corrected chi connectivity index (χ1v) is 34.3. The predicted octanol–water partition coefficient (Wildman–Crippen LogP) is 6.43. The van der Waals surface area contributed by atoms with Gasteiger partial charge in [0.05, 0.1) is 0 Å². The van der Waals surface area contributed by atoms with Gasteiger partial charge in [-0.1, -0.05) is 0 Å². The van der Waals surface area contributed by atoms with Gasteiger partial charge in [-0.05, 0) is 0 Å². The van der Waals surface area contributed by atoms with E-state index < -0.39 is 46.7 Å². The molecule has 0 bridgehead atoms. The van der Waals surface area contributed by atoms with Gasteiger partial charge in [-0.25, -0.2) is 0 Å². The van der Waals surface area contributed by atoms with Crippen LogP contribution < -0.4 is 0 Å². The summed E-state index contributed by atoms with van der Waals surface area (Å²) in [7, 11) is 48.3. The van der Waals surface area contributed by atoms with E-state index in [2.05, 4.69) is 0 Å². The number of halogens is 9. The first-order chi connectivity index (χ1) is 9.70. The van der Waals surface area contributed by atoms with Gasteiger partial charge in [0.25, 0.3) is 0 Å². The molecule has 14 heteroatoms. The van der Waals surface area contributed by atoms with Crippen molar-refractivity contribution < 1.29 is 9.47 Å². The average molecular weight is 678 g/mol. The third kappa shape index (κ3) is 5.36. The van der Waals surface area contributed by atoms with Crippen molar-refractivity contribution in [3.63, 3.8) is 0 Å². The van der Waals surface area contributed by atoms with Crippen LogP contribution in [-0.2, 0) is 9.47 Å². The van der Waals surface area contributed by atoms with Crippen LogP contribution in [0.2, 0.25) is 9.50 Å².